The minimum absolute atomic E-state index is 0.0473. The predicted octanol–water partition coefficient (Wildman–Crippen LogP) is 3.82. The topological polar surface area (TPSA) is 62.8 Å². The van der Waals surface area contributed by atoms with Crippen molar-refractivity contribution >= 4 is 6.03 Å². The van der Waals surface area contributed by atoms with Crippen LogP contribution < -0.4 is 20.1 Å². The fourth-order valence-corrected chi connectivity index (χ4v) is 4.02. The first-order valence-electron chi connectivity index (χ1n) is 10.5. The summed E-state index contributed by atoms with van der Waals surface area (Å²) in [5.41, 5.74) is 5.00. The van der Waals surface area contributed by atoms with Gasteiger partial charge < -0.3 is 20.1 Å². The Kier molecular flexibility index (Phi) is 7.21. The third-order valence-electron chi connectivity index (χ3n) is 5.62. The Bertz CT molecular complexity index is 882. The lowest BCUT2D eigenvalue weighted by Gasteiger charge is -2.38. The van der Waals surface area contributed by atoms with Crippen LogP contribution in [-0.2, 0) is 13.0 Å². The number of methoxy groups -OCH3 is 2. The van der Waals surface area contributed by atoms with Gasteiger partial charge in [-0.15, -0.1) is 0 Å². The second-order valence-corrected chi connectivity index (χ2v) is 8.08. The molecule has 0 aromatic heterocycles. The number of hydrogen-bond acceptors (Lipinski definition) is 4. The van der Waals surface area contributed by atoms with Gasteiger partial charge in [0.1, 0.15) is 0 Å². The first kappa shape index (κ1) is 22.0. The van der Waals surface area contributed by atoms with Crippen LogP contribution in [0.3, 0.4) is 0 Å². The van der Waals surface area contributed by atoms with Gasteiger partial charge in [0.05, 0.1) is 20.3 Å². The van der Waals surface area contributed by atoms with Gasteiger partial charge in [-0.2, -0.15) is 0 Å². The highest BCUT2D eigenvalue weighted by Gasteiger charge is 2.29. The van der Waals surface area contributed by atoms with Crippen molar-refractivity contribution in [1.82, 2.24) is 15.5 Å². The molecule has 0 fully saturated rings. The Morgan fingerprint density at radius 1 is 1.17 bits per heavy atom. The number of nitrogens with one attached hydrogen (secondary N) is 2. The molecule has 30 heavy (non-hydrogen) atoms. The van der Waals surface area contributed by atoms with Crippen LogP contribution in [0.5, 0.6) is 11.5 Å². The van der Waals surface area contributed by atoms with Gasteiger partial charge in [-0.3, -0.25) is 4.90 Å². The van der Waals surface area contributed by atoms with Crippen LogP contribution in [0.4, 0.5) is 4.79 Å². The predicted molar refractivity (Wildman–Crippen MR) is 119 cm³/mol. The molecule has 2 aromatic rings. The van der Waals surface area contributed by atoms with Crippen molar-refractivity contribution < 1.29 is 14.3 Å². The molecule has 1 aliphatic rings. The summed E-state index contributed by atoms with van der Waals surface area (Å²) in [5, 5.41) is 5.96. The molecule has 0 radical (unpaired) electrons. The monoisotopic (exact) mass is 411 g/mol. The quantitative estimate of drug-likeness (QED) is 0.727. The highest BCUT2D eigenvalue weighted by atomic mass is 16.5. The molecule has 0 spiro atoms. The Morgan fingerprint density at radius 2 is 1.87 bits per heavy atom. The third-order valence-corrected chi connectivity index (χ3v) is 5.62. The van der Waals surface area contributed by atoms with E-state index in [-0.39, 0.29) is 18.1 Å². The fourth-order valence-electron chi connectivity index (χ4n) is 4.02. The highest BCUT2D eigenvalue weighted by molar-refractivity contribution is 5.74. The van der Waals surface area contributed by atoms with E-state index in [1.807, 2.05) is 13.8 Å². The normalized spacial score (nSPS) is 16.1. The second-order valence-electron chi connectivity index (χ2n) is 8.08. The maximum atomic E-state index is 12.3. The van der Waals surface area contributed by atoms with E-state index in [1.54, 1.807) is 14.2 Å². The average molecular weight is 412 g/mol. The molecule has 162 valence electrons. The van der Waals surface area contributed by atoms with E-state index in [9.17, 15) is 4.79 Å². The number of benzene rings is 2. The van der Waals surface area contributed by atoms with E-state index in [0.717, 1.165) is 25.3 Å². The molecule has 2 amide bonds. The van der Waals surface area contributed by atoms with Crippen molar-refractivity contribution in [2.24, 2.45) is 0 Å². The number of fused-ring (bicyclic) bond motifs is 1. The number of aryl methyl sites for hydroxylation is 1. The van der Waals surface area contributed by atoms with Crippen LogP contribution >= 0.6 is 0 Å². The van der Waals surface area contributed by atoms with Crippen molar-refractivity contribution in [3.8, 4) is 11.5 Å². The van der Waals surface area contributed by atoms with Crippen LogP contribution in [0.1, 0.15) is 42.1 Å². The number of carbonyl (C=O) groups is 1. The summed E-state index contributed by atoms with van der Waals surface area (Å²) in [6.07, 6.45) is 0.927. The summed E-state index contributed by atoms with van der Waals surface area (Å²) >= 11 is 0. The van der Waals surface area contributed by atoms with Crippen LogP contribution in [0.2, 0.25) is 0 Å². The maximum absolute atomic E-state index is 12.3. The molecule has 1 unspecified atom stereocenters. The van der Waals surface area contributed by atoms with Gasteiger partial charge >= 0.3 is 6.03 Å². The number of hydrogen-bond donors (Lipinski definition) is 2. The molecule has 0 saturated heterocycles. The van der Waals surface area contributed by atoms with E-state index in [0.29, 0.717) is 12.3 Å². The smallest absolute Gasteiger partial charge is 0.315 e. The summed E-state index contributed by atoms with van der Waals surface area (Å²) in [6.45, 7) is 8.32. The second kappa shape index (κ2) is 9.85. The standard InChI is InChI=1S/C24H33N3O3/c1-16(2)26-24(28)25-14-21-20-13-23(30-5)22(29-4)12-18(20)10-11-27(21)15-19-9-7-6-8-17(19)3/h6-9,12-13,16,21H,10-11,14-15H2,1-5H3,(H2,25,26,28). The zero-order chi connectivity index (χ0) is 21.7. The van der Waals surface area contributed by atoms with Gasteiger partial charge in [0.2, 0.25) is 0 Å². The highest BCUT2D eigenvalue weighted by Crippen LogP contribution is 2.38. The molecule has 2 aromatic carbocycles. The van der Waals surface area contributed by atoms with Gasteiger partial charge in [-0.05, 0) is 61.6 Å². The molecule has 1 aliphatic heterocycles. The number of carbonyl (C=O) groups excluding carboxylic acids is 1. The molecular formula is C24H33N3O3. The zero-order valence-corrected chi connectivity index (χ0v) is 18.6. The Hall–Kier alpha value is -2.73. The number of rotatable bonds is 7. The van der Waals surface area contributed by atoms with Crippen LogP contribution in [0, 0.1) is 6.92 Å². The molecule has 1 atom stereocenters. The van der Waals surface area contributed by atoms with E-state index in [1.165, 1.54) is 22.3 Å². The van der Waals surface area contributed by atoms with Crippen LogP contribution in [0.15, 0.2) is 36.4 Å². The summed E-state index contributed by atoms with van der Waals surface area (Å²) < 4.78 is 11.1. The third kappa shape index (κ3) is 5.05. The molecule has 6 heteroatoms. The summed E-state index contributed by atoms with van der Waals surface area (Å²) in [5.74, 6) is 1.46. The molecule has 1 heterocycles. The van der Waals surface area contributed by atoms with Gasteiger partial charge in [0, 0.05) is 25.7 Å². The molecule has 3 rings (SSSR count). The molecule has 0 aliphatic carbocycles. The Morgan fingerprint density at radius 3 is 2.53 bits per heavy atom. The Balaban J connectivity index is 1.91. The summed E-state index contributed by atoms with van der Waals surface area (Å²) in [6, 6.07) is 12.6. The molecule has 0 saturated carbocycles. The van der Waals surface area contributed by atoms with E-state index >= 15 is 0 Å². The minimum Gasteiger partial charge on any atom is -0.493 e. The van der Waals surface area contributed by atoms with Gasteiger partial charge in [0.25, 0.3) is 0 Å². The van der Waals surface area contributed by atoms with Crippen molar-refractivity contribution in [2.75, 3.05) is 27.3 Å². The average Bonchev–Trinajstić information content (AvgIpc) is 2.72. The first-order valence-corrected chi connectivity index (χ1v) is 10.5. The summed E-state index contributed by atoms with van der Waals surface area (Å²) in [4.78, 5) is 14.7. The Labute approximate surface area is 179 Å². The number of nitrogens with zero attached hydrogens (tertiary/aromatic N) is 1. The number of urea groups is 1. The van der Waals surface area contributed by atoms with Crippen molar-refractivity contribution in [1.29, 1.82) is 0 Å². The van der Waals surface area contributed by atoms with Gasteiger partial charge in [-0.1, -0.05) is 24.3 Å². The summed E-state index contributed by atoms with van der Waals surface area (Å²) in [7, 11) is 3.31. The lowest BCUT2D eigenvalue weighted by atomic mass is 9.91. The van der Waals surface area contributed by atoms with Crippen LogP contribution in [-0.4, -0.2) is 44.3 Å². The van der Waals surface area contributed by atoms with Crippen LogP contribution in [0.25, 0.3) is 0 Å². The molecule has 6 nitrogen and oxygen atoms in total. The van der Waals surface area contributed by atoms with Crippen molar-refractivity contribution in [2.45, 2.75) is 45.8 Å². The number of ether oxygens (including phenoxy) is 2. The van der Waals surface area contributed by atoms with Gasteiger partial charge in [-0.25, -0.2) is 4.79 Å². The van der Waals surface area contributed by atoms with E-state index < -0.39 is 0 Å². The molecule has 2 N–H and O–H groups in total. The van der Waals surface area contributed by atoms with E-state index in [4.69, 9.17) is 9.47 Å². The van der Waals surface area contributed by atoms with Crippen molar-refractivity contribution in [3.63, 3.8) is 0 Å². The van der Waals surface area contributed by atoms with E-state index in [2.05, 4.69) is 58.9 Å². The molecular weight excluding hydrogens is 378 g/mol. The fraction of sp³-hybridized carbons (Fsp3) is 0.458. The first-order chi connectivity index (χ1) is 14.4. The SMILES string of the molecule is COc1cc2c(cc1OC)C(CNC(=O)NC(C)C)N(Cc1ccccc1C)CC2. The van der Waals surface area contributed by atoms with Crippen molar-refractivity contribution in [3.05, 3.63) is 58.7 Å². The lowest BCUT2D eigenvalue weighted by Crippen LogP contribution is -2.45. The zero-order valence-electron chi connectivity index (χ0n) is 18.6. The molecule has 0 bridgehead atoms. The largest absolute Gasteiger partial charge is 0.493 e. The minimum atomic E-state index is -0.145. The number of amides is 2. The van der Waals surface area contributed by atoms with Gasteiger partial charge in [0.15, 0.2) is 11.5 Å². The lowest BCUT2D eigenvalue weighted by molar-refractivity contribution is 0.170. The maximum Gasteiger partial charge on any atom is 0.315 e.